The Balaban J connectivity index is 2.83. The molecular weight excluding hydrogens is 224 g/mol. The summed E-state index contributed by atoms with van der Waals surface area (Å²) < 4.78 is 4.75. The smallest absolute Gasteiger partial charge is 0.331 e. The van der Waals surface area contributed by atoms with Crippen molar-refractivity contribution in [1.82, 2.24) is 10.3 Å². The molecule has 0 fully saturated rings. The highest BCUT2D eigenvalue weighted by molar-refractivity contribution is 5.79. The van der Waals surface area contributed by atoms with Gasteiger partial charge in [-0.1, -0.05) is 6.07 Å². The predicted octanol–water partition coefficient (Wildman–Crippen LogP) is -0.207. The van der Waals surface area contributed by atoms with Crippen molar-refractivity contribution < 1.29 is 19.4 Å². The van der Waals surface area contributed by atoms with Gasteiger partial charge in [-0.05, 0) is 19.1 Å². The zero-order valence-electron chi connectivity index (χ0n) is 9.37. The zero-order valence-corrected chi connectivity index (χ0v) is 9.37. The summed E-state index contributed by atoms with van der Waals surface area (Å²) in [5, 5.41) is 12.1. The summed E-state index contributed by atoms with van der Waals surface area (Å²) in [5.41, 5.74) is 0.292. The summed E-state index contributed by atoms with van der Waals surface area (Å²) in [5.74, 6) is -0.697. The number of hydrogen-bond donors (Lipinski definition) is 2. The van der Waals surface area contributed by atoms with Crippen LogP contribution >= 0.6 is 0 Å². The van der Waals surface area contributed by atoms with Gasteiger partial charge < -0.3 is 15.2 Å². The summed E-state index contributed by atoms with van der Waals surface area (Å²) in [6, 6.07) is 3.77. The van der Waals surface area contributed by atoms with E-state index in [9.17, 15) is 14.7 Å². The van der Waals surface area contributed by atoms with Crippen LogP contribution in [0.2, 0.25) is 0 Å². The lowest BCUT2D eigenvalue weighted by molar-refractivity contribution is -0.150. The van der Waals surface area contributed by atoms with Crippen LogP contribution < -0.4 is 5.32 Å². The van der Waals surface area contributed by atoms with E-state index >= 15 is 0 Å². The van der Waals surface area contributed by atoms with Gasteiger partial charge in [0.15, 0.2) is 6.04 Å². The van der Waals surface area contributed by atoms with Crippen LogP contribution in [0.25, 0.3) is 0 Å². The van der Waals surface area contributed by atoms with Gasteiger partial charge in [-0.25, -0.2) is 4.79 Å². The van der Waals surface area contributed by atoms with Crippen LogP contribution in [-0.4, -0.2) is 35.1 Å². The molecule has 0 saturated carbocycles. The van der Waals surface area contributed by atoms with Crippen molar-refractivity contribution in [3.63, 3.8) is 0 Å². The molecular formula is C11H14N2O4. The lowest BCUT2D eigenvalue weighted by atomic mass is 10.1. The summed E-state index contributed by atoms with van der Waals surface area (Å²) in [6.07, 6.45) is 0.593. The van der Waals surface area contributed by atoms with E-state index in [1.807, 2.05) is 0 Å². The molecule has 0 spiro atoms. The number of hydrogen-bond acceptors (Lipinski definition) is 5. The molecule has 1 heterocycles. The second kappa shape index (κ2) is 6.59. The second-order valence-electron chi connectivity index (χ2n) is 3.21. The molecule has 17 heavy (non-hydrogen) atoms. The van der Waals surface area contributed by atoms with Gasteiger partial charge in [-0.2, -0.15) is 0 Å². The minimum absolute atomic E-state index is 0.171. The number of aromatic nitrogens is 1. The van der Waals surface area contributed by atoms with Crippen molar-refractivity contribution in [3.8, 4) is 0 Å². The molecule has 2 N–H and O–H groups in total. The van der Waals surface area contributed by atoms with Crippen molar-refractivity contribution in [2.75, 3.05) is 6.61 Å². The monoisotopic (exact) mass is 238 g/mol. The SMILES string of the molecule is CCOC(=O)C(NC=O)C(O)c1ccccn1. The lowest BCUT2D eigenvalue weighted by Crippen LogP contribution is -2.42. The number of pyridine rings is 1. The Morgan fingerprint density at radius 2 is 2.41 bits per heavy atom. The highest BCUT2D eigenvalue weighted by Gasteiger charge is 2.29. The molecule has 6 heteroatoms. The number of ether oxygens (including phenoxy) is 1. The number of rotatable bonds is 6. The van der Waals surface area contributed by atoms with Gasteiger partial charge in [0.05, 0.1) is 12.3 Å². The summed E-state index contributed by atoms with van der Waals surface area (Å²) in [4.78, 5) is 25.8. The van der Waals surface area contributed by atoms with Gasteiger partial charge in [0.2, 0.25) is 6.41 Å². The van der Waals surface area contributed by atoms with E-state index in [-0.39, 0.29) is 6.61 Å². The van der Waals surface area contributed by atoms with Crippen LogP contribution in [0.3, 0.4) is 0 Å². The Hall–Kier alpha value is -1.95. The number of carbonyl (C=O) groups excluding carboxylic acids is 2. The Bertz CT molecular complexity index is 369. The van der Waals surface area contributed by atoms with E-state index in [1.54, 1.807) is 25.1 Å². The standard InChI is InChI=1S/C11H14N2O4/c1-2-17-11(16)9(13-7-14)10(15)8-5-3-4-6-12-8/h3-7,9-10,15H,2H2,1H3,(H,13,14). The molecule has 0 saturated heterocycles. The third kappa shape index (κ3) is 3.53. The van der Waals surface area contributed by atoms with E-state index in [0.29, 0.717) is 12.1 Å². The van der Waals surface area contributed by atoms with E-state index in [1.165, 1.54) is 6.20 Å². The number of nitrogens with one attached hydrogen (secondary N) is 1. The maximum Gasteiger partial charge on any atom is 0.331 e. The van der Waals surface area contributed by atoms with Gasteiger partial charge in [-0.3, -0.25) is 9.78 Å². The Kier molecular flexibility index (Phi) is 5.09. The van der Waals surface area contributed by atoms with Crippen molar-refractivity contribution in [2.45, 2.75) is 19.1 Å². The minimum atomic E-state index is -1.24. The molecule has 0 aliphatic heterocycles. The molecule has 1 rings (SSSR count). The molecule has 0 aromatic carbocycles. The fraction of sp³-hybridized carbons (Fsp3) is 0.364. The quantitative estimate of drug-likeness (QED) is 0.529. The third-order valence-electron chi connectivity index (χ3n) is 2.09. The largest absolute Gasteiger partial charge is 0.464 e. The van der Waals surface area contributed by atoms with Crippen molar-refractivity contribution in [1.29, 1.82) is 0 Å². The van der Waals surface area contributed by atoms with Gasteiger partial charge in [0, 0.05) is 6.20 Å². The molecule has 0 radical (unpaired) electrons. The van der Waals surface area contributed by atoms with E-state index in [4.69, 9.17) is 4.74 Å². The summed E-state index contributed by atoms with van der Waals surface area (Å²) in [6.45, 7) is 1.81. The van der Waals surface area contributed by atoms with Crippen molar-refractivity contribution >= 4 is 12.4 Å². The molecule has 1 aromatic rings. The van der Waals surface area contributed by atoms with Crippen LogP contribution in [0.4, 0.5) is 0 Å². The number of esters is 1. The summed E-state index contributed by atoms with van der Waals surface area (Å²) in [7, 11) is 0. The van der Waals surface area contributed by atoms with Crippen LogP contribution in [0.5, 0.6) is 0 Å². The first-order valence-electron chi connectivity index (χ1n) is 5.16. The van der Waals surface area contributed by atoms with Crippen molar-refractivity contribution in [2.24, 2.45) is 0 Å². The number of nitrogens with zero attached hydrogens (tertiary/aromatic N) is 1. The molecule has 92 valence electrons. The normalized spacial score (nSPS) is 13.5. The zero-order chi connectivity index (χ0) is 12.7. The van der Waals surface area contributed by atoms with E-state index in [2.05, 4.69) is 10.3 Å². The maximum absolute atomic E-state index is 11.5. The molecule has 1 amide bonds. The Morgan fingerprint density at radius 1 is 1.65 bits per heavy atom. The maximum atomic E-state index is 11.5. The highest BCUT2D eigenvalue weighted by Crippen LogP contribution is 2.14. The van der Waals surface area contributed by atoms with Gasteiger partial charge in [0.1, 0.15) is 6.10 Å². The average molecular weight is 238 g/mol. The fourth-order valence-electron chi connectivity index (χ4n) is 1.32. The molecule has 0 aliphatic carbocycles. The second-order valence-corrected chi connectivity index (χ2v) is 3.21. The average Bonchev–Trinajstić information content (AvgIpc) is 2.36. The number of aliphatic hydroxyl groups excluding tert-OH is 1. The molecule has 0 bridgehead atoms. The van der Waals surface area contributed by atoms with Crippen molar-refractivity contribution in [3.05, 3.63) is 30.1 Å². The lowest BCUT2D eigenvalue weighted by Gasteiger charge is -2.19. The topological polar surface area (TPSA) is 88.5 Å². The van der Waals surface area contributed by atoms with E-state index in [0.717, 1.165) is 0 Å². The number of amides is 1. The highest BCUT2D eigenvalue weighted by atomic mass is 16.5. The van der Waals surface area contributed by atoms with Gasteiger partial charge in [0.25, 0.3) is 0 Å². The number of carbonyl (C=O) groups is 2. The van der Waals surface area contributed by atoms with Crippen LogP contribution in [0, 0.1) is 0 Å². The van der Waals surface area contributed by atoms with Crippen LogP contribution in [0.15, 0.2) is 24.4 Å². The first-order chi connectivity index (χ1) is 8.20. The van der Waals surface area contributed by atoms with Crippen LogP contribution in [-0.2, 0) is 14.3 Å². The summed E-state index contributed by atoms with van der Waals surface area (Å²) >= 11 is 0. The number of aliphatic hydroxyl groups is 1. The Morgan fingerprint density at radius 3 is 2.94 bits per heavy atom. The predicted molar refractivity (Wildman–Crippen MR) is 58.8 cm³/mol. The van der Waals surface area contributed by atoms with Gasteiger partial charge in [-0.15, -0.1) is 0 Å². The minimum Gasteiger partial charge on any atom is -0.464 e. The fourth-order valence-corrected chi connectivity index (χ4v) is 1.32. The Labute approximate surface area is 98.6 Å². The first-order valence-corrected chi connectivity index (χ1v) is 5.16. The van der Waals surface area contributed by atoms with Crippen LogP contribution in [0.1, 0.15) is 18.7 Å². The first kappa shape index (κ1) is 13.1. The molecule has 0 aliphatic rings. The molecule has 2 atom stereocenters. The molecule has 2 unspecified atom stereocenters. The third-order valence-corrected chi connectivity index (χ3v) is 2.09. The van der Waals surface area contributed by atoms with Gasteiger partial charge >= 0.3 is 5.97 Å². The van der Waals surface area contributed by atoms with E-state index < -0.39 is 18.1 Å². The molecule has 6 nitrogen and oxygen atoms in total. The molecule has 1 aromatic heterocycles.